The number of sulfonamides is 1. The molecule has 0 aliphatic carbocycles. The summed E-state index contributed by atoms with van der Waals surface area (Å²) in [7, 11) is 4.79. The first-order chi connectivity index (χ1) is 16.1. The number of nitrogens with zero attached hydrogens (tertiary/aromatic N) is 2. The Bertz CT molecular complexity index is 1000. The van der Waals surface area contributed by atoms with Gasteiger partial charge in [-0.3, -0.25) is 4.31 Å². The lowest BCUT2D eigenvalue weighted by Gasteiger charge is -2.29. The molecular weight excluding hydrogens is 456 g/mol. The number of rotatable bonds is 14. The molecule has 0 unspecified atom stereocenters. The van der Waals surface area contributed by atoms with Crippen molar-refractivity contribution in [2.75, 3.05) is 58.6 Å². The normalized spacial score (nSPS) is 11.6. The van der Waals surface area contributed by atoms with Crippen LogP contribution in [-0.4, -0.2) is 73.7 Å². The fourth-order valence-corrected chi connectivity index (χ4v) is 5.54. The molecule has 0 fully saturated rings. The van der Waals surface area contributed by atoms with Crippen LogP contribution >= 0.6 is 0 Å². The van der Waals surface area contributed by atoms with Gasteiger partial charge >= 0.3 is 0 Å². The molecule has 2 rings (SSSR count). The van der Waals surface area contributed by atoms with Crippen molar-refractivity contribution in [3.05, 3.63) is 42.0 Å². The number of anilines is 1. The lowest BCUT2D eigenvalue weighted by molar-refractivity contribution is 0.337. The third-order valence-electron chi connectivity index (χ3n) is 5.53. The Morgan fingerprint density at radius 2 is 1.44 bits per heavy atom. The van der Waals surface area contributed by atoms with Crippen molar-refractivity contribution in [3.63, 3.8) is 0 Å². The molecule has 2 aromatic rings. The van der Waals surface area contributed by atoms with Gasteiger partial charge in [-0.25, -0.2) is 8.42 Å². The summed E-state index contributed by atoms with van der Waals surface area (Å²) < 4.78 is 49.3. The Hall–Kier alpha value is -2.65. The molecule has 0 saturated heterocycles. The highest BCUT2D eigenvalue weighted by Gasteiger charge is 2.26. The molecule has 0 bridgehead atoms. The van der Waals surface area contributed by atoms with Crippen LogP contribution in [0.3, 0.4) is 0 Å². The van der Waals surface area contributed by atoms with Crippen LogP contribution < -0.4 is 23.3 Å². The predicted molar refractivity (Wildman–Crippen MR) is 136 cm³/mol. The van der Waals surface area contributed by atoms with Gasteiger partial charge in [-0.05, 0) is 58.0 Å². The number of methoxy groups -OCH3 is 4. The van der Waals surface area contributed by atoms with E-state index in [9.17, 15) is 8.42 Å². The van der Waals surface area contributed by atoms with E-state index in [0.29, 0.717) is 41.7 Å². The largest absolute Gasteiger partial charge is 0.497 e. The second-order valence-electron chi connectivity index (χ2n) is 8.37. The van der Waals surface area contributed by atoms with E-state index in [1.807, 2.05) is 39.1 Å². The molecule has 8 nitrogen and oxygen atoms in total. The van der Waals surface area contributed by atoms with Crippen molar-refractivity contribution in [2.24, 2.45) is 0 Å². The molecule has 0 atom stereocenters. The van der Waals surface area contributed by atoms with E-state index in [4.69, 9.17) is 18.9 Å². The van der Waals surface area contributed by atoms with E-state index in [2.05, 4.69) is 4.90 Å². The molecule has 0 aliphatic rings. The highest BCUT2D eigenvalue weighted by atomic mass is 32.2. The maximum Gasteiger partial charge on any atom is 0.235 e. The Balaban J connectivity index is 1.99. The van der Waals surface area contributed by atoms with Crippen molar-refractivity contribution < 1.29 is 27.4 Å². The van der Waals surface area contributed by atoms with Gasteiger partial charge in [-0.1, -0.05) is 6.07 Å². The molecule has 0 aromatic heterocycles. The molecule has 9 heteroatoms. The van der Waals surface area contributed by atoms with E-state index >= 15 is 0 Å². The van der Waals surface area contributed by atoms with Gasteiger partial charge in [0.25, 0.3) is 0 Å². The molecule has 0 heterocycles. The van der Waals surface area contributed by atoms with Crippen LogP contribution in [0.25, 0.3) is 0 Å². The highest BCUT2D eigenvalue weighted by Crippen LogP contribution is 2.31. The van der Waals surface area contributed by atoms with E-state index in [-0.39, 0.29) is 11.8 Å². The molecule has 34 heavy (non-hydrogen) atoms. The van der Waals surface area contributed by atoms with Crippen LogP contribution in [0.15, 0.2) is 36.4 Å². The lowest BCUT2D eigenvalue weighted by Crippen LogP contribution is -2.39. The third kappa shape index (κ3) is 7.43. The van der Waals surface area contributed by atoms with Crippen molar-refractivity contribution >= 4 is 15.7 Å². The fraction of sp³-hybridized carbons (Fsp3) is 0.520. The van der Waals surface area contributed by atoms with Gasteiger partial charge in [0.1, 0.15) is 11.5 Å². The molecule has 0 spiro atoms. The Morgan fingerprint density at radius 3 is 1.97 bits per heavy atom. The molecule has 0 radical (unpaired) electrons. The lowest BCUT2D eigenvalue weighted by atomic mass is 10.1. The smallest absolute Gasteiger partial charge is 0.235 e. The van der Waals surface area contributed by atoms with Gasteiger partial charge in [-0.2, -0.15) is 0 Å². The van der Waals surface area contributed by atoms with Crippen LogP contribution in [-0.2, 0) is 16.4 Å². The van der Waals surface area contributed by atoms with Crippen LogP contribution in [0.4, 0.5) is 5.69 Å². The number of hydrogen-bond acceptors (Lipinski definition) is 7. The molecule has 0 N–H and O–H groups in total. The van der Waals surface area contributed by atoms with Gasteiger partial charge in [0, 0.05) is 30.8 Å². The number of hydrogen-bond donors (Lipinski definition) is 0. The van der Waals surface area contributed by atoms with Crippen molar-refractivity contribution in [2.45, 2.75) is 32.7 Å². The molecule has 0 aliphatic heterocycles. The molecule has 0 saturated carbocycles. The van der Waals surface area contributed by atoms with E-state index in [1.165, 1.54) is 4.31 Å². The highest BCUT2D eigenvalue weighted by molar-refractivity contribution is 7.92. The first-order valence-corrected chi connectivity index (χ1v) is 12.9. The maximum atomic E-state index is 13.3. The summed E-state index contributed by atoms with van der Waals surface area (Å²) in [6, 6.07) is 10.8. The maximum absolute atomic E-state index is 13.3. The topological polar surface area (TPSA) is 77.5 Å². The van der Waals surface area contributed by atoms with E-state index in [1.54, 1.807) is 46.6 Å². The SMILES string of the molecule is COc1cc(OC)cc(N(C(C)C)S(=O)(=O)CCCN(C)CCc2ccc(OC)c(OC)c2)c1. The fourth-order valence-electron chi connectivity index (χ4n) is 3.78. The van der Waals surface area contributed by atoms with E-state index < -0.39 is 10.0 Å². The Morgan fingerprint density at radius 1 is 0.824 bits per heavy atom. The zero-order valence-electron chi connectivity index (χ0n) is 21.3. The first-order valence-electron chi connectivity index (χ1n) is 11.3. The third-order valence-corrected chi connectivity index (χ3v) is 7.57. The van der Waals surface area contributed by atoms with E-state index in [0.717, 1.165) is 18.5 Å². The van der Waals surface area contributed by atoms with Gasteiger partial charge in [0.05, 0.1) is 39.9 Å². The number of ether oxygens (including phenoxy) is 4. The average Bonchev–Trinajstić information content (AvgIpc) is 2.81. The zero-order chi connectivity index (χ0) is 25.3. The van der Waals surface area contributed by atoms with Gasteiger partial charge in [0.2, 0.25) is 10.0 Å². The standard InChI is InChI=1S/C25H38N2O6S/c1-19(2)27(21-16-22(30-4)18-23(17-21)31-5)34(28,29)14-8-12-26(3)13-11-20-9-10-24(32-6)25(15-20)33-7/h9-10,15-19H,8,11-14H2,1-7H3. The number of benzene rings is 2. The summed E-state index contributed by atoms with van der Waals surface area (Å²) in [5.41, 5.74) is 1.67. The van der Waals surface area contributed by atoms with Crippen molar-refractivity contribution in [1.82, 2.24) is 4.90 Å². The molecular formula is C25H38N2O6S. The summed E-state index contributed by atoms with van der Waals surface area (Å²) in [6.45, 7) is 5.19. The zero-order valence-corrected chi connectivity index (χ0v) is 22.1. The van der Waals surface area contributed by atoms with Crippen LogP contribution in [0.1, 0.15) is 25.8 Å². The van der Waals surface area contributed by atoms with Gasteiger partial charge < -0.3 is 23.8 Å². The number of likely N-dealkylation sites (N-methyl/N-ethyl adjacent to an activating group) is 1. The summed E-state index contributed by atoms with van der Waals surface area (Å²) in [4.78, 5) is 2.14. The van der Waals surface area contributed by atoms with Gasteiger partial charge in [-0.15, -0.1) is 0 Å². The summed E-state index contributed by atoms with van der Waals surface area (Å²) in [5, 5.41) is 0. The van der Waals surface area contributed by atoms with Crippen LogP contribution in [0.2, 0.25) is 0 Å². The quantitative estimate of drug-likeness (QED) is 0.395. The van der Waals surface area contributed by atoms with Crippen molar-refractivity contribution in [3.8, 4) is 23.0 Å². The molecule has 190 valence electrons. The van der Waals surface area contributed by atoms with Crippen LogP contribution in [0, 0.1) is 0 Å². The average molecular weight is 495 g/mol. The summed E-state index contributed by atoms with van der Waals surface area (Å²) in [6.07, 6.45) is 1.35. The van der Waals surface area contributed by atoms with Crippen LogP contribution in [0.5, 0.6) is 23.0 Å². The second kappa shape index (κ2) is 12.7. The van der Waals surface area contributed by atoms with Crippen molar-refractivity contribution in [1.29, 1.82) is 0 Å². The minimum Gasteiger partial charge on any atom is -0.497 e. The molecule has 0 amide bonds. The summed E-state index contributed by atoms with van der Waals surface area (Å²) in [5.74, 6) is 2.55. The second-order valence-corrected chi connectivity index (χ2v) is 10.3. The Kier molecular flexibility index (Phi) is 10.3. The predicted octanol–water partition coefficient (Wildman–Crippen LogP) is 3.83. The Labute approximate surface area is 204 Å². The monoisotopic (exact) mass is 494 g/mol. The van der Waals surface area contributed by atoms with Gasteiger partial charge in [0.15, 0.2) is 11.5 Å². The summed E-state index contributed by atoms with van der Waals surface area (Å²) >= 11 is 0. The minimum absolute atomic E-state index is 0.0470. The molecule has 2 aromatic carbocycles. The minimum atomic E-state index is -3.54. The first kappa shape index (κ1) is 27.6.